The fourth-order valence-corrected chi connectivity index (χ4v) is 2.50. The SMILES string of the molecule is Cn1cc(O[C@@H]2COC[C@@H]2NC(=O)COc2ccccc2C#N)cn1. The molecule has 3 rings (SSSR count). The zero-order valence-electron chi connectivity index (χ0n) is 13.7. The highest BCUT2D eigenvalue weighted by atomic mass is 16.5. The minimum Gasteiger partial charge on any atom is -0.482 e. The van der Waals surface area contributed by atoms with Crippen LogP contribution in [0.4, 0.5) is 0 Å². The molecule has 2 aromatic rings. The summed E-state index contributed by atoms with van der Waals surface area (Å²) < 4.78 is 18.3. The van der Waals surface area contributed by atoms with E-state index in [0.29, 0.717) is 30.3 Å². The number of amides is 1. The number of aromatic nitrogens is 2. The van der Waals surface area contributed by atoms with Gasteiger partial charge in [0.1, 0.15) is 17.9 Å². The van der Waals surface area contributed by atoms with E-state index in [-0.39, 0.29) is 24.7 Å². The van der Waals surface area contributed by atoms with Crippen molar-refractivity contribution in [2.24, 2.45) is 7.05 Å². The van der Waals surface area contributed by atoms with E-state index in [4.69, 9.17) is 19.5 Å². The molecule has 0 unspecified atom stereocenters. The Balaban J connectivity index is 1.52. The Morgan fingerprint density at radius 1 is 1.48 bits per heavy atom. The number of carbonyl (C=O) groups is 1. The normalized spacial score (nSPS) is 19.2. The molecule has 1 aromatic heterocycles. The maximum Gasteiger partial charge on any atom is 0.258 e. The highest BCUT2D eigenvalue weighted by Gasteiger charge is 2.31. The van der Waals surface area contributed by atoms with Crippen LogP contribution in [0.15, 0.2) is 36.7 Å². The average Bonchev–Trinajstić information content (AvgIpc) is 3.22. The molecule has 1 N–H and O–H groups in total. The number of benzene rings is 1. The lowest BCUT2D eigenvalue weighted by Crippen LogP contribution is -2.46. The van der Waals surface area contributed by atoms with Gasteiger partial charge in [0.25, 0.3) is 5.91 Å². The number of para-hydroxylation sites is 1. The molecular weight excluding hydrogens is 324 g/mol. The largest absolute Gasteiger partial charge is 0.482 e. The van der Waals surface area contributed by atoms with Gasteiger partial charge in [0.15, 0.2) is 12.4 Å². The first-order chi connectivity index (χ1) is 12.2. The summed E-state index contributed by atoms with van der Waals surface area (Å²) in [7, 11) is 1.80. The van der Waals surface area contributed by atoms with Gasteiger partial charge in [0.2, 0.25) is 0 Å². The fourth-order valence-electron chi connectivity index (χ4n) is 2.50. The zero-order chi connectivity index (χ0) is 17.6. The predicted octanol–water partition coefficient (Wildman–Crippen LogP) is 0.633. The number of nitriles is 1. The van der Waals surface area contributed by atoms with E-state index in [1.165, 1.54) is 0 Å². The number of rotatable bonds is 6. The van der Waals surface area contributed by atoms with Crippen molar-refractivity contribution in [2.45, 2.75) is 12.1 Å². The molecule has 0 saturated carbocycles. The number of hydrogen-bond acceptors (Lipinski definition) is 6. The van der Waals surface area contributed by atoms with Crippen molar-refractivity contribution in [3.63, 3.8) is 0 Å². The van der Waals surface area contributed by atoms with Crippen LogP contribution >= 0.6 is 0 Å². The molecule has 1 saturated heterocycles. The molecule has 2 atom stereocenters. The van der Waals surface area contributed by atoms with Crippen LogP contribution in [0.5, 0.6) is 11.5 Å². The average molecular weight is 342 g/mol. The molecule has 0 bridgehead atoms. The highest BCUT2D eigenvalue weighted by Crippen LogP contribution is 2.17. The number of hydrogen-bond donors (Lipinski definition) is 1. The van der Waals surface area contributed by atoms with E-state index < -0.39 is 0 Å². The lowest BCUT2D eigenvalue weighted by molar-refractivity contribution is -0.124. The van der Waals surface area contributed by atoms with E-state index in [1.54, 1.807) is 48.4 Å². The molecule has 1 aliphatic rings. The quantitative estimate of drug-likeness (QED) is 0.827. The van der Waals surface area contributed by atoms with Crippen LogP contribution in [0.25, 0.3) is 0 Å². The molecule has 0 radical (unpaired) electrons. The summed E-state index contributed by atoms with van der Waals surface area (Å²) in [6, 6.07) is 8.52. The summed E-state index contributed by atoms with van der Waals surface area (Å²) >= 11 is 0. The maximum absolute atomic E-state index is 12.1. The summed E-state index contributed by atoms with van der Waals surface area (Å²) in [4.78, 5) is 12.1. The topological polar surface area (TPSA) is 98.4 Å². The second-order valence-electron chi connectivity index (χ2n) is 5.61. The molecule has 8 heteroatoms. The minimum absolute atomic E-state index is 0.186. The summed E-state index contributed by atoms with van der Waals surface area (Å²) in [5.74, 6) is 0.699. The molecule has 130 valence electrons. The highest BCUT2D eigenvalue weighted by molar-refractivity contribution is 5.78. The molecule has 8 nitrogen and oxygen atoms in total. The number of carbonyl (C=O) groups excluding carboxylic acids is 1. The van der Waals surface area contributed by atoms with Crippen molar-refractivity contribution in [1.29, 1.82) is 5.26 Å². The fraction of sp³-hybridized carbons (Fsp3) is 0.353. The molecule has 2 heterocycles. The van der Waals surface area contributed by atoms with Gasteiger partial charge in [-0.15, -0.1) is 0 Å². The Kier molecular flexibility index (Phi) is 5.16. The summed E-state index contributed by atoms with van der Waals surface area (Å²) in [5, 5.41) is 15.9. The Morgan fingerprint density at radius 3 is 3.08 bits per heavy atom. The number of aryl methyl sites for hydroxylation is 1. The van der Waals surface area contributed by atoms with Gasteiger partial charge in [-0.1, -0.05) is 12.1 Å². The third-order valence-electron chi connectivity index (χ3n) is 3.71. The van der Waals surface area contributed by atoms with Gasteiger partial charge in [0, 0.05) is 7.05 Å². The van der Waals surface area contributed by atoms with E-state index in [1.807, 2.05) is 6.07 Å². The van der Waals surface area contributed by atoms with Crippen LogP contribution in [-0.4, -0.2) is 47.7 Å². The van der Waals surface area contributed by atoms with E-state index in [9.17, 15) is 4.79 Å². The molecule has 1 aromatic carbocycles. The lowest BCUT2D eigenvalue weighted by atomic mass is 10.2. The summed E-state index contributed by atoms with van der Waals surface area (Å²) in [6.45, 7) is 0.568. The van der Waals surface area contributed by atoms with Crippen molar-refractivity contribution in [3.8, 4) is 17.6 Å². The third kappa shape index (κ3) is 4.28. The summed E-state index contributed by atoms with van der Waals surface area (Å²) in [6.07, 6.45) is 3.07. The Bertz CT molecular complexity index is 783. The van der Waals surface area contributed by atoms with Crippen molar-refractivity contribution < 1.29 is 19.0 Å². The number of ether oxygens (including phenoxy) is 3. The van der Waals surface area contributed by atoms with E-state index in [0.717, 1.165) is 0 Å². The first kappa shape index (κ1) is 16.8. The molecule has 1 fully saturated rings. The van der Waals surface area contributed by atoms with Gasteiger partial charge in [-0.2, -0.15) is 10.4 Å². The van der Waals surface area contributed by atoms with Crippen molar-refractivity contribution >= 4 is 5.91 Å². The molecule has 1 aliphatic heterocycles. The second kappa shape index (κ2) is 7.68. The van der Waals surface area contributed by atoms with E-state index >= 15 is 0 Å². The summed E-state index contributed by atoms with van der Waals surface area (Å²) in [5.41, 5.74) is 0.386. The molecular formula is C17H18N4O4. The van der Waals surface area contributed by atoms with Crippen molar-refractivity contribution in [1.82, 2.24) is 15.1 Å². The lowest BCUT2D eigenvalue weighted by Gasteiger charge is -2.19. The van der Waals surface area contributed by atoms with Crippen LogP contribution in [0.3, 0.4) is 0 Å². The third-order valence-corrected chi connectivity index (χ3v) is 3.71. The Morgan fingerprint density at radius 2 is 2.32 bits per heavy atom. The van der Waals surface area contributed by atoms with Crippen LogP contribution in [0, 0.1) is 11.3 Å². The van der Waals surface area contributed by atoms with Gasteiger partial charge < -0.3 is 19.5 Å². The maximum atomic E-state index is 12.1. The second-order valence-corrected chi connectivity index (χ2v) is 5.61. The van der Waals surface area contributed by atoms with Gasteiger partial charge in [-0.25, -0.2) is 0 Å². The molecule has 0 aliphatic carbocycles. The monoisotopic (exact) mass is 342 g/mol. The van der Waals surface area contributed by atoms with Crippen LogP contribution < -0.4 is 14.8 Å². The van der Waals surface area contributed by atoms with Crippen LogP contribution in [0.1, 0.15) is 5.56 Å². The number of nitrogens with zero attached hydrogens (tertiary/aromatic N) is 3. The van der Waals surface area contributed by atoms with Gasteiger partial charge in [-0.3, -0.25) is 9.48 Å². The standard InChI is InChI=1S/C17H18N4O4/c1-21-8-13(7-19-21)25-16-10-23-9-14(16)20-17(22)11-24-15-5-3-2-4-12(15)6-18/h2-5,7-8,14,16H,9-11H2,1H3,(H,20,22)/t14-,16+/m0/s1. The molecule has 0 spiro atoms. The minimum atomic E-state index is -0.303. The Labute approximate surface area is 144 Å². The van der Waals surface area contributed by atoms with Gasteiger partial charge in [0.05, 0.1) is 37.2 Å². The van der Waals surface area contributed by atoms with Crippen molar-refractivity contribution in [3.05, 3.63) is 42.2 Å². The molecule has 25 heavy (non-hydrogen) atoms. The first-order valence-electron chi connectivity index (χ1n) is 7.80. The zero-order valence-corrected chi connectivity index (χ0v) is 13.7. The van der Waals surface area contributed by atoms with Gasteiger partial charge in [-0.05, 0) is 12.1 Å². The number of nitrogens with one attached hydrogen (secondary N) is 1. The van der Waals surface area contributed by atoms with Crippen LogP contribution in [0.2, 0.25) is 0 Å². The molecule has 1 amide bonds. The predicted molar refractivity (Wildman–Crippen MR) is 87.0 cm³/mol. The van der Waals surface area contributed by atoms with Gasteiger partial charge >= 0.3 is 0 Å². The Hall–Kier alpha value is -3.05. The van der Waals surface area contributed by atoms with E-state index in [2.05, 4.69) is 10.4 Å². The first-order valence-corrected chi connectivity index (χ1v) is 7.80. The smallest absolute Gasteiger partial charge is 0.258 e. The van der Waals surface area contributed by atoms with Crippen molar-refractivity contribution in [2.75, 3.05) is 19.8 Å². The van der Waals surface area contributed by atoms with Crippen LogP contribution in [-0.2, 0) is 16.6 Å².